The Labute approximate surface area is 162 Å². The molecular formula is C18H14BrClN4O2. The van der Waals surface area contributed by atoms with Crippen LogP contribution in [0.25, 0.3) is 5.69 Å². The largest absolute Gasteiger partial charge is 0.295 e. The second-order valence-corrected chi connectivity index (χ2v) is 6.83. The third kappa shape index (κ3) is 3.95. The van der Waals surface area contributed by atoms with Crippen molar-refractivity contribution in [1.29, 1.82) is 0 Å². The molecule has 8 heteroatoms. The molecule has 3 rings (SSSR count). The van der Waals surface area contributed by atoms with Crippen LogP contribution in [0.15, 0.2) is 62.9 Å². The molecule has 0 saturated carbocycles. The van der Waals surface area contributed by atoms with E-state index in [0.717, 1.165) is 4.47 Å². The Balaban J connectivity index is 1.80. The van der Waals surface area contributed by atoms with Crippen molar-refractivity contribution in [3.63, 3.8) is 0 Å². The van der Waals surface area contributed by atoms with Crippen molar-refractivity contribution < 1.29 is 4.79 Å². The van der Waals surface area contributed by atoms with Crippen LogP contribution in [0.4, 0.5) is 0 Å². The summed E-state index contributed by atoms with van der Waals surface area (Å²) in [7, 11) is 0. The SMILES string of the molecule is Cc1[nH]n(-c2cccc(Cl)c2)c(=O)c1/C=N/NC(=O)c1ccc(Br)cc1. The predicted octanol–water partition coefficient (Wildman–Crippen LogP) is 3.65. The Morgan fingerprint density at radius 1 is 1.27 bits per heavy atom. The Hall–Kier alpha value is -2.64. The summed E-state index contributed by atoms with van der Waals surface area (Å²) in [4.78, 5) is 24.6. The summed E-state index contributed by atoms with van der Waals surface area (Å²) in [5.41, 5.74) is 4.18. The number of benzene rings is 2. The van der Waals surface area contributed by atoms with Crippen LogP contribution in [0.3, 0.4) is 0 Å². The number of aromatic amines is 1. The highest BCUT2D eigenvalue weighted by atomic mass is 79.9. The number of hydrogen-bond donors (Lipinski definition) is 2. The number of nitrogens with one attached hydrogen (secondary N) is 2. The highest BCUT2D eigenvalue weighted by Gasteiger charge is 2.11. The van der Waals surface area contributed by atoms with E-state index in [4.69, 9.17) is 11.6 Å². The van der Waals surface area contributed by atoms with Crippen molar-refractivity contribution in [3.8, 4) is 5.69 Å². The molecule has 0 aliphatic carbocycles. The number of carbonyl (C=O) groups is 1. The van der Waals surface area contributed by atoms with E-state index in [9.17, 15) is 9.59 Å². The van der Waals surface area contributed by atoms with Crippen LogP contribution in [0.1, 0.15) is 21.6 Å². The fourth-order valence-corrected chi connectivity index (χ4v) is 2.78. The van der Waals surface area contributed by atoms with Gasteiger partial charge in [-0.3, -0.25) is 14.7 Å². The van der Waals surface area contributed by atoms with Crippen LogP contribution >= 0.6 is 27.5 Å². The van der Waals surface area contributed by atoms with Crippen molar-refractivity contribution >= 4 is 39.7 Å². The van der Waals surface area contributed by atoms with E-state index in [-0.39, 0.29) is 11.5 Å². The zero-order chi connectivity index (χ0) is 18.7. The first-order chi connectivity index (χ1) is 12.5. The summed E-state index contributed by atoms with van der Waals surface area (Å²) in [6.45, 7) is 1.75. The van der Waals surface area contributed by atoms with Gasteiger partial charge in [0, 0.05) is 20.8 Å². The number of amides is 1. The number of H-pyrrole nitrogens is 1. The van der Waals surface area contributed by atoms with Crippen molar-refractivity contribution in [2.75, 3.05) is 0 Å². The Bertz CT molecular complexity index is 1040. The molecule has 0 fully saturated rings. The maximum atomic E-state index is 12.6. The average molecular weight is 434 g/mol. The van der Waals surface area contributed by atoms with Gasteiger partial charge < -0.3 is 0 Å². The lowest BCUT2D eigenvalue weighted by Crippen LogP contribution is -2.20. The van der Waals surface area contributed by atoms with Gasteiger partial charge in [-0.15, -0.1) is 0 Å². The molecule has 0 spiro atoms. The highest BCUT2D eigenvalue weighted by Crippen LogP contribution is 2.13. The number of carbonyl (C=O) groups excluding carboxylic acids is 1. The summed E-state index contributed by atoms with van der Waals surface area (Å²) in [6.07, 6.45) is 1.33. The second kappa shape index (κ2) is 7.72. The summed E-state index contributed by atoms with van der Waals surface area (Å²) in [5.74, 6) is -0.364. The Morgan fingerprint density at radius 2 is 2.00 bits per heavy atom. The molecule has 0 aliphatic heterocycles. The van der Waals surface area contributed by atoms with Gasteiger partial charge in [-0.2, -0.15) is 5.10 Å². The Morgan fingerprint density at radius 3 is 2.69 bits per heavy atom. The van der Waals surface area contributed by atoms with E-state index in [2.05, 4.69) is 31.6 Å². The van der Waals surface area contributed by atoms with Crippen LogP contribution in [-0.4, -0.2) is 21.9 Å². The van der Waals surface area contributed by atoms with Crippen LogP contribution in [0.2, 0.25) is 5.02 Å². The molecule has 1 amide bonds. The van der Waals surface area contributed by atoms with Gasteiger partial charge >= 0.3 is 0 Å². The molecule has 2 N–H and O–H groups in total. The van der Waals surface area contributed by atoms with E-state index in [1.807, 2.05) is 0 Å². The second-order valence-electron chi connectivity index (χ2n) is 5.48. The fourth-order valence-electron chi connectivity index (χ4n) is 2.33. The summed E-state index contributed by atoms with van der Waals surface area (Å²) in [6, 6.07) is 13.8. The van der Waals surface area contributed by atoms with Crippen LogP contribution < -0.4 is 11.0 Å². The van der Waals surface area contributed by atoms with Crippen LogP contribution in [0.5, 0.6) is 0 Å². The molecule has 26 heavy (non-hydrogen) atoms. The lowest BCUT2D eigenvalue weighted by atomic mass is 10.2. The minimum Gasteiger partial charge on any atom is -0.295 e. The molecule has 0 unspecified atom stereocenters. The molecule has 0 radical (unpaired) electrons. The number of hydrogen-bond acceptors (Lipinski definition) is 3. The average Bonchev–Trinajstić information content (AvgIpc) is 2.90. The van der Waals surface area contributed by atoms with Crippen LogP contribution in [0, 0.1) is 6.92 Å². The lowest BCUT2D eigenvalue weighted by molar-refractivity contribution is 0.0955. The first-order valence-electron chi connectivity index (χ1n) is 7.62. The minimum atomic E-state index is -0.364. The first-order valence-corrected chi connectivity index (χ1v) is 8.79. The van der Waals surface area contributed by atoms with Crippen molar-refractivity contribution in [2.24, 2.45) is 5.10 Å². The van der Waals surface area contributed by atoms with Gasteiger partial charge in [0.1, 0.15) is 0 Å². The third-order valence-corrected chi connectivity index (χ3v) is 4.41. The molecular weight excluding hydrogens is 420 g/mol. The first kappa shape index (κ1) is 18.2. The van der Waals surface area contributed by atoms with Gasteiger partial charge in [-0.25, -0.2) is 10.1 Å². The number of aromatic nitrogens is 2. The molecule has 2 aromatic carbocycles. The molecule has 1 heterocycles. The van der Waals surface area contributed by atoms with E-state index >= 15 is 0 Å². The van der Waals surface area contributed by atoms with Gasteiger partial charge in [0.25, 0.3) is 11.5 Å². The van der Waals surface area contributed by atoms with E-state index in [0.29, 0.717) is 27.5 Å². The topological polar surface area (TPSA) is 79.2 Å². The number of halogens is 2. The van der Waals surface area contributed by atoms with Gasteiger partial charge in [0.15, 0.2) is 0 Å². The lowest BCUT2D eigenvalue weighted by Gasteiger charge is -2.01. The molecule has 0 bridgehead atoms. The minimum absolute atomic E-state index is 0.286. The van der Waals surface area contributed by atoms with Crippen molar-refractivity contribution in [1.82, 2.24) is 15.2 Å². The number of nitrogens with zero attached hydrogens (tertiary/aromatic N) is 2. The van der Waals surface area contributed by atoms with E-state index in [1.165, 1.54) is 10.9 Å². The maximum Gasteiger partial charge on any atom is 0.280 e. The molecule has 6 nitrogen and oxygen atoms in total. The van der Waals surface area contributed by atoms with E-state index < -0.39 is 0 Å². The van der Waals surface area contributed by atoms with Crippen molar-refractivity contribution in [3.05, 3.63) is 85.2 Å². The van der Waals surface area contributed by atoms with Crippen molar-refractivity contribution in [2.45, 2.75) is 6.92 Å². The number of aryl methyl sites for hydroxylation is 1. The number of hydrazone groups is 1. The Kier molecular flexibility index (Phi) is 5.39. The molecule has 0 atom stereocenters. The van der Waals surface area contributed by atoms with Gasteiger partial charge in [-0.05, 0) is 49.4 Å². The monoisotopic (exact) mass is 432 g/mol. The standard InChI is InChI=1S/C18H14BrClN4O2/c1-11-16(10-21-22-17(25)12-5-7-13(19)8-6-12)18(26)24(23-11)15-4-2-3-14(20)9-15/h2-10,23H,1H3,(H,22,25)/b21-10+. The van der Waals surface area contributed by atoms with Gasteiger partial charge in [0.2, 0.25) is 0 Å². The zero-order valence-corrected chi connectivity index (χ0v) is 16.0. The summed E-state index contributed by atoms with van der Waals surface area (Å²) >= 11 is 9.28. The molecule has 0 aliphatic rings. The third-order valence-electron chi connectivity index (χ3n) is 3.65. The number of rotatable bonds is 4. The van der Waals surface area contributed by atoms with Gasteiger partial charge in [0.05, 0.1) is 17.5 Å². The molecule has 1 aromatic heterocycles. The molecule has 3 aromatic rings. The maximum absolute atomic E-state index is 12.6. The molecule has 132 valence electrons. The van der Waals surface area contributed by atoms with Crippen LogP contribution in [-0.2, 0) is 0 Å². The summed E-state index contributed by atoms with van der Waals surface area (Å²) < 4.78 is 2.25. The quantitative estimate of drug-likeness (QED) is 0.486. The fraction of sp³-hybridized carbons (Fsp3) is 0.0556. The smallest absolute Gasteiger partial charge is 0.280 e. The normalized spacial score (nSPS) is 11.0. The van der Waals surface area contributed by atoms with Gasteiger partial charge in [-0.1, -0.05) is 33.6 Å². The summed E-state index contributed by atoms with van der Waals surface area (Å²) in [5, 5.41) is 7.39. The predicted molar refractivity (Wildman–Crippen MR) is 105 cm³/mol. The molecule has 0 saturated heterocycles. The zero-order valence-electron chi connectivity index (χ0n) is 13.7. The van der Waals surface area contributed by atoms with E-state index in [1.54, 1.807) is 55.5 Å². The highest BCUT2D eigenvalue weighted by molar-refractivity contribution is 9.10.